The van der Waals surface area contributed by atoms with Gasteiger partial charge in [0.25, 0.3) is 0 Å². The van der Waals surface area contributed by atoms with Crippen molar-refractivity contribution >= 4 is 5.91 Å². The molecule has 2 aromatic rings. The van der Waals surface area contributed by atoms with Crippen LogP contribution in [-0.4, -0.2) is 38.2 Å². The minimum atomic E-state index is -4.39. The van der Waals surface area contributed by atoms with Crippen molar-refractivity contribution in [3.63, 3.8) is 0 Å². The SMILES string of the molecule is Cn1cnn(CC(=O)N2CCCC(c3cccc(C(F)(F)F)c3)C2)c1=O. The fourth-order valence-electron chi connectivity index (χ4n) is 3.20. The molecule has 2 heterocycles. The number of carbonyl (C=O) groups excluding carboxylic acids is 1. The van der Waals surface area contributed by atoms with Crippen LogP contribution in [0.2, 0.25) is 0 Å². The molecule has 0 N–H and O–H groups in total. The lowest BCUT2D eigenvalue weighted by Crippen LogP contribution is -2.42. The fraction of sp³-hybridized carbons (Fsp3) is 0.471. The maximum atomic E-state index is 12.9. The van der Waals surface area contributed by atoms with Gasteiger partial charge in [-0.05, 0) is 24.5 Å². The molecule has 0 bridgehead atoms. The van der Waals surface area contributed by atoms with Crippen LogP contribution in [0.15, 0.2) is 35.4 Å². The van der Waals surface area contributed by atoms with E-state index < -0.39 is 11.7 Å². The van der Waals surface area contributed by atoms with Crippen molar-refractivity contribution in [3.05, 3.63) is 52.2 Å². The first kappa shape index (κ1) is 18.2. The standard InChI is InChI=1S/C17H19F3N4O2/c1-22-11-21-24(16(22)26)10-15(25)23-7-3-5-13(9-23)12-4-2-6-14(8-12)17(18,19)20/h2,4,6,8,11,13H,3,5,7,9-10H2,1H3. The van der Waals surface area contributed by atoms with Crippen LogP contribution >= 0.6 is 0 Å². The number of piperidine rings is 1. The number of halogens is 3. The van der Waals surface area contributed by atoms with E-state index >= 15 is 0 Å². The third-order valence-electron chi connectivity index (χ3n) is 4.63. The van der Waals surface area contributed by atoms with Gasteiger partial charge in [0, 0.05) is 26.1 Å². The lowest BCUT2D eigenvalue weighted by Gasteiger charge is -2.33. The molecule has 26 heavy (non-hydrogen) atoms. The van der Waals surface area contributed by atoms with Gasteiger partial charge in [-0.2, -0.15) is 18.3 Å². The van der Waals surface area contributed by atoms with Crippen LogP contribution in [0, 0.1) is 0 Å². The van der Waals surface area contributed by atoms with E-state index in [0.29, 0.717) is 31.5 Å². The Hall–Kier alpha value is -2.58. The van der Waals surface area contributed by atoms with Crippen molar-refractivity contribution in [2.24, 2.45) is 7.05 Å². The van der Waals surface area contributed by atoms with Gasteiger partial charge in [-0.15, -0.1) is 0 Å². The van der Waals surface area contributed by atoms with Gasteiger partial charge < -0.3 is 4.90 Å². The summed E-state index contributed by atoms with van der Waals surface area (Å²) < 4.78 is 41.1. The molecule has 0 aliphatic carbocycles. The molecule has 1 amide bonds. The van der Waals surface area contributed by atoms with Crippen LogP contribution in [0.3, 0.4) is 0 Å². The smallest absolute Gasteiger partial charge is 0.340 e. The molecule has 140 valence electrons. The summed E-state index contributed by atoms with van der Waals surface area (Å²) in [5.74, 6) is -0.419. The zero-order valence-corrected chi connectivity index (χ0v) is 14.2. The highest BCUT2D eigenvalue weighted by atomic mass is 19.4. The Balaban J connectivity index is 1.72. The van der Waals surface area contributed by atoms with Crippen molar-refractivity contribution < 1.29 is 18.0 Å². The molecule has 1 unspecified atom stereocenters. The Morgan fingerprint density at radius 1 is 1.35 bits per heavy atom. The van der Waals surface area contributed by atoms with E-state index in [2.05, 4.69) is 5.10 Å². The summed E-state index contributed by atoms with van der Waals surface area (Å²) in [7, 11) is 1.54. The van der Waals surface area contributed by atoms with Crippen LogP contribution in [0.25, 0.3) is 0 Å². The average molecular weight is 368 g/mol. The van der Waals surface area contributed by atoms with Gasteiger partial charge in [0.15, 0.2) is 0 Å². The molecule has 9 heteroatoms. The number of hydrogen-bond donors (Lipinski definition) is 0. The first-order valence-electron chi connectivity index (χ1n) is 8.29. The molecule has 0 radical (unpaired) electrons. The van der Waals surface area contributed by atoms with Gasteiger partial charge >= 0.3 is 11.9 Å². The Bertz CT molecular complexity index is 856. The second kappa shape index (κ2) is 6.97. The average Bonchev–Trinajstić information content (AvgIpc) is 2.93. The van der Waals surface area contributed by atoms with Gasteiger partial charge in [-0.1, -0.05) is 18.2 Å². The quantitative estimate of drug-likeness (QED) is 0.833. The summed E-state index contributed by atoms with van der Waals surface area (Å²) in [6.45, 7) is 0.687. The second-order valence-corrected chi connectivity index (χ2v) is 6.48. The molecule has 0 saturated carbocycles. The monoisotopic (exact) mass is 368 g/mol. The molecule has 3 rings (SSSR count). The molecular formula is C17H19F3N4O2. The number of alkyl halides is 3. The van der Waals surface area contributed by atoms with E-state index in [1.54, 1.807) is 18.0 Å². The van der Waals surface area contributed by atoms with Gasteiger partial charge in [-0.3, -0.25) is 9.36 Å². The summed E-state index contributed by atoms with van der Waals surface area (Å²) in [4.78, 5) is 25.9. The van der Waals surface area contributed by atoms with E-state index in [1.807, 2.05) is 0 Å². The number of aromatic nitrogens is 3. The predicted octanol–water partition coefficient (Wildman–Crippen LogP) is 2.01. The van der Waals surface area contributed by atoms with Crippen LogP contribution in [0.1, 0.15) is 29.9 Å². The number of amides is 1. The van der Waals surface area contributed by atoms with Crippen LogP contribution in [-0.2, 0) is 24.6 Å². The number of rotatable bonds is 3. The predicted molar refractivity (Wildman–Crippen MR) is 87.5 cm³/mol. The van der Waals surface area contributed by atoms with Crippen LogP contribution < -0.4 is 5.69 Å². The maximum Gasteiger partial charge on any atom is 0.416 e. The Morgan fingerprint density at radius 3 is 2.77 bits per heavy atom. The maximum absolute atomic E-state index is 12.9. The Kier molecular flexibility index (Phi) is 4.88. The van der Waals surface area contributed by atoms with Gasteiger partial charge in [0.1, 0.15) is 12.9 Å². The molecule has 1 saturated heterocycles. The van der Waals surface area contributed by atoms with Gasteiger partial charge in [-0.25, -0.2) is 9.48 Å². The number of aryl methyl sites for hydroxylation is 1. The molecule has 1 aliphatic rings. The lowest BCUT2D eigenvalue weighted by atomic mass is 9.89. The number of likely N-dealkylation sites (tertiary alicyclic amines) is 1. The molecule has 0 spiro atoms. The van der Waals surface area contributed by atoms with Crippen LogP contribution in [0.5, 0.6) is 0 Å². The van der Waals surface area contributed by atoms with Gasteiger partial charge in [0.05, 0.1) is 5.56 Å². The first-order chi connectivity index (χ1) is 12.3. The highest BCUT2D eigenvalue weighted by Gasteiger charge is 2.32. The summed E-state index contributed by atoms with van der Waals surface area (Å²) in [5, 5.41) is 3.86. The number of carbonyl (C=O) groups is 1. The van der Waals surface area contributed by atoms with Crippen molar-refractivity contribution in [1.29, 1.82) is 0 Å². The van der Waals surface area contributed by atoms with Crippen molar-refractivity contribution in [3.8, 4) is 0 Å². The summed E-state index contributed by atoms with van der Waals surface area (Å²) >= 11 is 0. The van der Waals surface area contributed by atoms with Crippen molar-refractivity contribution in [2.45, 2.75) is 31.5 Å². The number of hydrogen-bond acceptors (Lipinski definition) is 3. The molecule has 1 aliphatic heterocycles. The largest absolute Gasteiger partial charge is 0.416 e. The summed E-state index contributed by atoms with van der Waals surface area (Å²) in [6.07, 6.45) is -1.64. The lowest BCUT2D eigenvalue weighted by molar-refractivity contribution is -0.138. The number of nitrogens with zero attached hydrogens (tertiary/aromatic N) is 4. The normalized spacial score (nSPS) is 18.2. The van der Waals surface area contributed by atoms with Crippen molar-refractivity contribution in [1.82, 2.24) is 19.2 Å². The third-order valence-corrected chi connectivity index (χ3v) is 4.63. The zero-order chi connectivity index (χ0) is 18.9. The molecule has 1 aromatic heterocycles. The molecule has 1 aromatic carbocycles. The molecular weight excluding hydrogens is 349 g/mol. The molecule has 1 atom stereocenters. The highest BCUT2D eigenvalue weighted by Crippen LogP contribution is 2.33. The molecule has 6 nitrogen and oxygen atoms in total. The summed E-state index contributed by atoms with van der Waals surface area (Å²) in [5.41, 5.74) is -0.490. The Labute approximate surface area is 147 Å². The van der Waals surface area contributed by atoms with Crippen LogP contribution in [0.4, 0.5) is 13.2 Å². The van der Waals surface area contributed by atoms with E-state index in [4.69, 9.17) is 0 Å². The molecule has 1 fully saturated rings. The third kappa shape index (κ3) is 3.81. The highest BCUT2D eigenvalue weighted by molar-refractivity contribution is 5.76. The minimum absolute atomic E-state index is 0.157. The van der Waals surface area contributed by atoms with E-state index in [9.17, 15) is 22.8 Å². The van der Waals surface area contributed by atoms with Gasteiger partial charge in [0.2, 0.25) is 5.91 Å². The fourth-order valence-corrected chi connectivity index (χ4v) is 3.20. The summed E-state index contributed by atoms with van der Waals surface area (Å²) in [6, 6.07) is 5.26. The topological polar surface area (TPSA) is 60.1 Å². The van der Waals surface area contributed by atoms with Crippen molar-refractivity contribution in [2.75, 3.05) is 13.1 Å². The second-order valence-electron chi connectivity index (χ2n) is 6.48. The number of benzene rings is 1. The van der Waals surface area contributed by atoms with E-state index in [1.165, 1.54) is 17.0 Å². The zero-order valence-electron chi connectivity index (χ0n) is 14.2. The Morgan fingerprint density at radius 2 is 2.12 bits per heavy atom. The minimum Gasteiger partial charge on any atom is -0.340 e. The van der Waals surface area contributed by atoms with E-state index in [-0.39, 0.29) is 24.1 Å². The van der Waals surface area contributed by atoms with E-state index in [0.717, 1.165) is 16.8 Å². The first-order valence-corrected chi connectivity index (χ1v) is 8.29.